The number of benzene rings is 2. The molecule has 146 valence electrons. The molecule has 0 atom stereocenters. The lowest BCUT2D eigenvalue weighted by Gasteiger charge is -2.09. The Morgan fingerprint density at radius 1 is 1.07 bits per heavy atom. The highest BCUT2D eigenvalue weighted by Gasteiger charge is 2.07. The Hall–Kier alpha value is -3.39. The van der Waals surface area contributed by atoms with Gasteiger partial charge in [-0.15, -0.1) is 6.58 Å². The molecule has 0 aliphatic rings. The Bertz CT molecular complexity index is 864. The molecule has 0 saturated carbocycles. The van der Waals surface area contributed by atoms with E-state index in [0.29, 0.717) is 11.5 Å². The highest BCUT2D eigenvalue weighted by atomic mass is 16.5. The molecule has 5 heteroatoms. The van der Waals surface area contributed by atoms with Crippen molar-refractivity contribution in [3.05, 3.63) is 66.2 Å². The van der Waals surface area contributed by atoms with Crippen molar-refractivity contribution in [1.82, 2.24) is 5.32 Å². The first-order chi connectivity index (χ1) is 13.7. The molecule has 0 unspecified atom stereocenters. The zero-order chi connectivity index (χ0) is 20.2. The van der Waals surface area contributed by atoms with E-state index in [1.54, 1.807) is 26.4 Å². The van der Waals surface area contributed by atoms with Crippen molar-refractivity contribution in [2.45, 2.75) is 12.8 Å². The summed E-state index contributed by atoms with van der Waals surface area (Å²) in [7, 11) is 3.14. The third-order valence-electron chi connectivity index (χ3n) is 3.95. The van der Waals surface area contributed by atoms with E-state index in [4.69, 9.17) is 14.2 Å². The van der Waals surface area contributed by atoms with E-state index in [1.807, 2.05) is 36.4 Å². The van der Waals surface area contributed by atoms with Crippen molar-refractivity contribution in [1.29, 1.82) is 0 Å². The molecule has 0 spiro atoms. The maximum atomic E-state index is 12.0. The molecule has 0 aromatic heterocycles. The summed E-state index contributed by atoms with van der Waals surface area (Å²) in [6, 6.07) is 13.2. The van der Waals surface area contributed by atoms with Crippen molar-refractivity contribution in [2.24, 2.45) is 0 Å². The number of allylic oxidation sites excluding steroid dienone is 1. The summed E-state index contributed by atoms with van der Waals surface area (Å²) in [6.45, 7) is 4.28. The van der Waals surface area contributed by atoms with Gasteiger partial charge in [0.15, 0.2) is 11.5 Å². The van der Waals surface area contributed by atoms with Gasteiger partial charge in [-0.25, -0.2) is 0 Å². The Balaban J connectivity index is 1.77. The molecular weight excluding hydrogens is 354 g/mol. The van der Waals surface area contributed by atoms with E-state index < -0.39 is 0 Å². The van der Waals surface area contributed by atoms with E-state index in [2.05, 4.69) is 23.7 Å². The van der Waals surface area contributed by atoms with E-state index in [0.717, 1.165) is 23.3 Å². The molecule has 1 amide bonds. The van der Waals surface area contributed by atoms with E-state index in [9.17, 15) is 4.79 Å². The number of ether oxygens (including phenoxy) is 3. The van der Waals surface area contributed by atoms with Crippen molar-refractivity contribution < 1.29 is 19.0 Å². The predicted octanol–water partition coefficient (Wildman–Crippen LogP) is 3.17. The van der Waals surface area contributed by atoms with Crippen LogP contribution in [-0.2, 0) is 17.6 Å². The summed E-state index contributed by atoms with van der Waals surface area (Å²) in [5.41, 5.74) is 1.91. The summed E-state index contributed by atoms with van der Waals surface area (Å²) in [5.74, 6) is 7.72. The lowest BCUT2D eigenvalue weighted by molar-refractivity contribution is -0.120. The van der Waals surface area contributed by atoms with Gasteiger partial charge >= 0.3 is 0 Å². The fourth-order valence-electron chi connectivity index (χ4n) is 2.58. The minimum atomic E-state index is -0.112. The zero-order valence-electron chi connectivity index (χ0n) is 16.3. The van der Waals surface area contributed by atoms with Gasteiger partial charge in [0, 0.05) is 0 Å². The van der Waals surface area contributed by atoms with Crippen LogP contribution in [0.3, 0.4) is 0 Å². The summed E-state index contributed by atoms with van der Waals surface area (Å²) in [4.78, 5) is 12.0. The van der Waals surface area contributed by atoms with E-state index in [-0.39, 0.29) is 25.5 Å². The van der Waals surface area contributed by atoms with Gasteiger partial charge in [-0.1, -0.05) is 42.2 Å². The van der Waals surface area contributed by atoms with Crippen LogP contribution in [0.5, 0.6) is 17.2 Å². The molecule has 2 aromatic carbocycles. The van der Waals surface area contributed by atoms with Crippen LogP contribution in [0.1, 0.15) is 11.1 Å². The minimum absolute atomic E-state index is 0.112. The number of carbonyl (C=O) groups is 1. The molecule has 1 N–H and O–H groups in total. The van der Waals surface area contributed by atoms with Crippen molar-refractivity contribution in [2.75, 3.05) is 27.4 Å². The number of carbonyl (C=O) groups excluding carboxylic acids is 1. The topological polar surface area (TPSA) is 56.8 Å². The molecule has 5 nitrogen and oxygen atoms in total. The molecule has 0 radical (unpaired) electrons. The first-order valence-electron chi connectivity index (χ1n) is 8.92. The number of hydrogen-bond acceptors (Lipinski definition) is 4. The van der Waals surface area contributed by atoms with Gasteiger partial charge in [0.25, 0.3) is 0 Å². The fourth-order valence-corrected chi connectivity index (χ4v) is 2.58. The monoisotopic (exact) mass is 379 g/mol. The number of methoxy groups -OCH3 is 2. The van der Waals surface area contributed by atoms with Crippen LogP contribution >= 0.6 is 0 Å². The fraction of sp³-hybridized carbons (Fsp3) is 0.261. The summed E-state index contributed by atoms with van der Waals surface area (Å²) in [6.07, 6.45) is 2.82. The predicted molar refractivity (Wildman–Crippen MR) is 110 cm³/mol. The summed E-state index contributed by atoms with van der Waals surface area (Å²) < 4.78 is 16.1. The lowest BCUT2D eigenvalue weighted by Crippen LogP contribution is -2.25. The van der Waals surface area contributed by atoms with Crippen LogP contribution < -0.4 is 19.5 Å². The van der Waals surface area contributed by atoms with Crippen LogP contribution in [-0.4, -0.2) is 33.3 Å². The molecule has 0 heterocycles. The number of amides is 1. The summed E-state index contributed by atoms with van der Waals surface area (Å²) >= 11 is 0. The summed E-state index contributed by atoms with van der Waals surface area (Å²) in [5, 5.41) is 2.77. The average molecular weight is 379 g/mol. The van der Waals surface area contributed by atoms with Crippen LogP contribution in [0, 0.1) is 11.8 Å². The number of nitrogens with one attached hydrogen (secondary N) is 1. The SMILES string of the molecule is C=CCc1ccccc1OCC#CCNC(=O)Cc1ccc(OC)c(OC)c1. The van der Waals surface area contributed by atoms with Crippen molar-refractivity contribution in [3.63, 3.8) is 0 Å². The lowest BCUT2D eigenvalue weighted by atomic mass is 10.1. The maximum Gasteiger partial charge on any atom is 0.225 e. The molecule has 2 rings (SSSR count). The molecule has 0 fully saturated rings. The van der Waals surface area contributed by atoms with E-state index >= 15 is 0 Å². The highest BCUT2D eigenvalue weighted by molar-refractivity contribution is 5.79. The maximum absolute atomic E-state index is 12.0. The average Bonchev–Trinajstić information content (AvgIpc) is 2.71. The van der Waals surface area contributed by atoms with Crippen molar-refractivity contribution in [3.8, 4) is 29.1 Å². The Labute approximate surface area is 166 Å². The van der Waals surface area contributed by atoms with Crippen LogP contribution in [0.4, 0.5) is 0 Å². The second-order valence-corrected chi connectivity index (χ2v) is 5.89. The van der Waals surface area contributed by atoms with Gasteiger partial charge in [-0.05, 0) is 35.7 Å². The van der Waals surface area contributed by atoms with Crippen LogP contribution in [0.15, 0.2) is 55.1 Å². The Morgan fingerprint density at radius 2 is 1.86 bits per heavy atom. The third-order valence-corrected chi connectivity index (χ3v) is 3.95. The third kappa shape index (κ3) is 6.40. The highest BCUT2D eigenvalue weighted by Crippen LogP contribution is 2.27. The van der Waals surface area contributed by atoms with Gasteiger partial charge in [-0.3, -0.25) is 4.79 Å². The smallest absolute Gasteiger partial charge is 0.225 e. The molecule has 28 heavy (non-hydrogen) atoms. The normalized spacial score (nSPS) is 9.64. The van der Waals surface area contributed by atoms with Crippen molar-refractivity contribution >= 4 is 5.91 Å². The number of rotatable bonds is 9. The molecule has 0 bridgehead atoms. The quantitative estimate of drug-likeness (QED) is 0.537. The van der Waals surface area contributed by atoms with Gasteiger partial charge in [0.2, 0.25) is 5.91 Å². The molecule has 2 aromatic rings. The second-order valence-electron chi connectivity index (χ2n) is 5.89. The van der Waals surface area contributed by atoms with Gasteiger partial charge in [0.05, 0.1) is 27.2 Å². The zero-order valence-corrected chi connectivity index (χ0v) is 16.3. The first-order valence-corrected chi connectivity index (χ1v) is 8.92. The van der Waals surface area contributed by atoms with Gasteiger partial charge in [0.1, 0.15) is 12.4 Å². The first kappa shape index (κ1) is 20.9. The van der Waals surface area contributed by atoms with Crippen LogP contribution in [0.2, 0.25) is 0 Å². The number of hydrogen-bond donors (Lipinski definition) is 1. The van der Waals surface area contributed by atoms with Gasteiger partial charge < -0.3 is 19.5 Å². The molecule has 0 aliphatic heterocycles. The largest absolute Gasteiger partial charge is 0.493 e. The Kier molecular flexibility index (Phi) is 8.48. The molecule has 0 saturated heterocycles. The van der Waals surface area contributed by atoms with Gasteiger partial charge in [-0.2, -0.15) is 0 Å². The molecular formula is C23H25NO4. The standard InChI is InChI=1S/C23H25NO4/c1-4-9-19-10-5-6-11-20(19)28-15-8-7-14-24-23(25)17-18-12-13-21(26-2)22(16-18)27-3/h4-6,10-13,16H,1,9,14-15,17H2,2-3H3,(H,24,25). The minimum Gasteiger partial charge on any atom is -0.493 e. The molecule has 0 aliphatic carbocycles. The van der Waals surface area contributed by atoms with E-state index in [1.165, 1.54) is 0 Å². The Morgan fingerprint density at radius 3 is 2.61 bits per heavy atom. The number of para-hydroxylation sites is 1. The van der Waals surface area contributed by atoms with Crippen LogP contribution in [0.25, 0.3) is 0 Å². The second kappa shape index (κ2) is 11.3.